The molecule has 0 spiro atoms. The summed E-state index contributed by atoms with van der Waals surface area (Å²) in [5.41, 5.74) is 0. The predicted octanol–water partition coefficient (Wildman–Crippen LogP) is -0.0100. The van der Waals surface area contributed by atoms with Crippen LogP contribution < -0.4 is 0 Å². The smallest absolute Gasteiger partial charge is 0 e. The van der Waals surface area contributed by atoms with Crippen LogP contribution >= 0.6 is 0 Å². The molecule has 0 heterocycles. The van der Waals surface area contributed by atoms with E-state index in [-0.39, 0.29) is 77.6 Å². The van der Waals surface area contributed by atoms with Gasteiger partial charge >= 0.3 is 0 Å². The van der Waals surface area contributed by atoms with Crippen LogP contribution in [0.25, 0.3) is 0 Å². The summed E-state index contributed by atoms with van der Waals surface area (Å²) in [7, 11) is 0. The summed E-state index contributed by atoms with van der Waals surface area (Å²) < 4.78 is 0. The fourth-order valence-corrected chi connectivity index (χ4v) is 0. The van der Waals surface area contributed by atoms with Crippen LogP contribution in [-0.2, 0) is 77.6 Å². The summed E-state index contributed by atoms with van der Waals surface area (Å²) >= 11 is 0. The first-order valence-corrected chi connectivity index (χ1v) is 0. The van der Waals surface area contributed by atoms with Crippen LogP contribution in [0.1, 0.15) is 0 Å². The molecule has 0 aliphatic heterocycles. The standard InChI is InChI=1S/Ag.Cu.Fe.Pt. The maximum atomic E-state index is 0. The molecular formula is AgCuFePt. The Labute approximate surface area is 76.6 Å². The van der Waals surface area contributed by atoms with Gasteiger partial charge in [0.1, 0.15) is 0 Å². The Hall–Kier alpha value is 2.47. The van der Waals surface area contributed by atoms with Crippen molar-refractivity contribution < 1.29 is 77.6 Å². The van der Waals surface area contributed by atoms with Crippen molar-refractivity contribution in [3.8, 4) is 0 Å². The van der Waals surface area contributed by atoms with Crippen molar-refractivity contribution in [3.05, 3.63) is 0 Å². The van der Waals surface area contributed by atoms with Crippen LogP contribution in [-0.4, -0.2) is 0 Å². The van der Waals surface area contributed by atoms with E-state index in [1.807, 2.05) is 0 Å². The molecule has 2 radical (unpaired) electrons. The molecular weight excluding hydrogens is 422 g/mol. The average molecular weight is 422 g/mol. The first-order chi connectivity index (χ1) is 0. The number of hydrogen-bond acceptors (Lipinski definition) is 0. The van der Waals surface area contributed by atoms with E-state index in [1.165, 1.54) is 0 Å². The summed E-state index contributed by atoms with van der Waals surface area (Å²) in [5.74, 6) is 0. The molecule has 0 fully saturated rings. The molecule has 0 aromatic heterocycles. The zero-order valence-electron chi connectivity index (χ0n) is 1.27. The predicted molar refractivity (Wildman–Crippen MR) is 0 cm³/mol. The van der Waals surface area contributed by atoms with Crippen molar-refractivity contribution in [1.29, 1.82) is 0 Å². The Morgan fingerprint density at radius 1 is 1.00 bits per heavy atom. The van der Waals surface area contributed by atoms with Gasteiger partial charge in [-0.3, -0.25) is 0 Å². The second-order valence-corrected chi connectivity index (χ2v) is 0. The molecule has 0 saturated heterocycles. The van der Waals surface area contributed by atoms with Gasteiger partial charge in [-0.2, -0.15) is 0 Å². The van der Waals surface area contributed by atoms with Crippen molar-refractivity contribution in [1.82, 2.24) is 0 Å². The van der Waals surface area contributed by atoms with Gasteiger partial charge in [-0.15, -0.1) is 0 Å². The van der Waals surface area contributed by atoms with E-state index in [1.54, 1.807) is 0 Å². The Kier molecular flexibility index (Phi) is 142. The minimum atomic E-state index is 0. The number of hydrogen-bond donors (Lipinski definition) is 0. The van der Waals surface area contributed by atoms with Crippen LogP contribution in [0.2, 0.25) is 0 Å². The van der Waals surface area contributed by atoms with Crippen LogP contribution in [0.3, 0.4) is 0 Å². The van der Waals surface area contributed by atoms with Crippen molar-refractivity contribution in [3.63, 3.8) is 0 Å². The summed E-state index contributed by atoms with van der Waals surface area (Å²) in [4.78, 5) is 0. The van der Waals surface area contributed by atoms with Gasteiger partial charge in [0, 0.05) is 77.6 Å². The molecule has 0 aromatic carbocycles. The Morgan fingerprint density at radius 2 is 1.00 bits per heavy atom. The molecule has 0 aromatic rings. The third-order valence-electron chi connectivity index (χ3n) is 0. The van der Waals surface area contributed by atoms with Crippen LogP contribution in [0.4, 0.5) is 0 Å². The average Bonchev–Trinajstić information content (AvgIpc) is 0. The molecule has 40 valence electrons. The zero-order valence-corrected chi connectivity index (χ0v) is 7.07. The van der Waals surface area contributed by atoms with Crippen molar-refractivity contribution in [2.45, 2.75) is 0 Å². The molecule has 0 unspecified atom stereocenters. The zero-order chi connectivity index (χ0) is 0. The van der Waals surface area contributed by atoms with Crippen LogP contribution in [0.15, 0.2) is 0 Å². The van der Waals surface area contributed by atoms with Gasteiger partial charge in [0.05, 0.1) is 0 Å². The first kappa shape index (κ1) is 31.8. The van der Waals surface area contributed by atoms with Crippen LogP contribution in [0.5, 0.6) is 0 Å². The van der Waals surface area contributed by atoms with Gasteiger partial charge in [0.15, 0.2) is 0 Å². The van der Waals surface area contributed by atoms with Crippen molar-refractivity contribution >= 4 is 0 Å². The molecule has 0 aliphatic rings. The molecule has 4 heavy (non-hydrogen) atoms. The van der Waals surface area contributed by atoms with Crippen molar-refractivity contribution in [2.75, 3.05) is 0 Å². The molecule has 0 nitrogen and oxygen atoms in total. The van der Waals surface area contributed by atoms with Gasteiger partial charge in [-0.25, -0.2) is 0 Å². The van der Waals surface area contributed by atoms with Gasteiger partial charge in [-0.05, 0) is 0 Å². The van der Waals surface area contributed by atoms with Gasteiger partial charge in [0.2, 0.25) is 0 Å². The fraction of sp³-hybridized carbons (Fsp3) is 0. The summed E-state index contributed by atoms with van der Waals surface area (Å²) in [6.45, 7) is 0. The SMILES string of the molecule is [Ag].[Cu].[Fe].[Pt]. The molecule has 0 atom stereocenters. The van der Waals surface area contributed by atoms with Gasteiger partial charge in [0.25, 0.3) is 0 Å². The third-order valence-corrected chi connectivity index (χ3v) is 0. The van der Waals surface area contributed by atoms with Gasteiger partial charge < -0.3 is 0 Å². The van der Waals surface area contributed by atoms with E-state index in [9.17, 15) is 0 Å². The topological polar surface area (TPSA) is 0 Å². The summed E-state index contributed by atoms with van der Waals surface area (Å²) in [6, 6.07) is 0. The first-order valence-electron chi connectivity index (χ1n) is 0. The third kappa shape index (κ3) is 8.82. The molecule has 0 amide bonds. The second kappa shape index (κ2) is 17.9. The minimum Gasteiger partial charge on any atom is 0 e. The molecule has 0 saturated carbocycles. The maximum Gasteiger partial charge on any atom is 0 e. The fourth-order valence-electron chi connectivity index (χ4n) is 0. The maximum absolute atomic E-state index is 0. The molecule has 0 N–H and O–H groups in total. The minimum absolute atomic E-state index is 0. The Morgan fingerprint density at radius 3 is 1.00 bits per heavy atom. The normalized spacial score (nSPS) is 0. The monoisotopic (exact) mass is 421 g/mol. The Bertz CT molecular complexity index is 8.00. The van der Waals surface area contributed by atoms with Crippen molar-refractivity contribution in [2.24, 2.45) is 0 Å². The van der Waals surface area contributed by atoms with E-state index in [2.05, 4.69) is 0 Å². The van der Waals surface area contributed by atoms with E-state index in [4.69, 9.17) is 0 Å². The largest absolute Gasteiger partial charge is 0 e. The molecule has 0 aliphatic carbocycles. The summed E-state index contributed by atoms with van der Waals surface area (Å²) in [6.07, 6.45) is 0. The molecule has 4 heteroatoms. The van der Waals surface area contributed by atoms with Crippen LogP contribution in [0, 0.1) is 0 Å². The van der Waals surface area contributed by atoms with E-state index >= 15 is 0 Å². The Balaban J connectivity index is 0. The molecule has 0 bridgehead atoms. The van der Waals surface area contributed by atoms with Gasteiger partial charge in [-0.1, -0.05) is 0 Å². The summed E-state index contributed by atoms with van der Waals surface area (Å²) in [5, 5.41) is 0. The van der Waals surface area contributed by atoms with E-state index < -0.39 is 0 Å². The van der Waals surface area contributed by atoms with E-state index in [0.717, 1.165) is 0 Å². The molecule has 0 rings (SSSR count). The quantitative estimate of drug-likeness (QED) is 0.482. The second-order valence-electron chi connectivity index (χ2n) is 0. The number of rotatable bonds is 0. The van der Waals surface area contributed by atoms with E-state index in [0.29, 0.717) is 0 Å².